The maximum atomic E-state index is 13.3. The summed E-state index contributed by atoms with van der Waals surface area (Å²) in [5.74, 6) is -0.311. The average Bonchev–Trinajstić information content (AvgIpc) is 2.86. The molecule has 7 nitrogen and oxygen atoms in total. The molecule has 0 saturated heterocycles. The Hall–Kier alpha value is -2.35. The van der Waals surface area contributed by atoms with Gasteiger partial charge in [0, 0.05) is 25.1 Å². The van der Waals surface area contributed by atoms with E-state index in [9.17, 15) is 14.5 Å². The molecule has 0 spiro atoms. The highest BCUT2D eigenvalue weighted by Crippen LogP contribution is 2.29. The molecule has 8 heteroatoms. The molecule has 0 amide bonds. The Morgan fingerprint density at radius 3 is 2.86 bits per heavy atom. The monoisotopic (exact) mass is 294 g/mol. The van der Waals surface area contributed by atoms with Crippen molar-refractivity contribution < 1.29 is 13.7 Å². The third-order valence-corrected chi connectivity index (χ3v) is 2.74. The van der Waals surface area contributed by atoms with Crippen molar-refractivity contribution in [2.24, 2.45) is 0 Å². The van der Waals surface area contributed by atoms with Crippen LogP contribution in [0, 0.1) is 15.9 Å². The van der Waals surface area contributed by atoms with Crippen LogP contribution in [0.25, 0.3) is 11.5 Å². The molecule has 1 aromatic heterocycles. The Bertz CT molecular complexity index is 642. The van der Waals surface area contributed by atoms with Crippen molar-refractivity contribution in [3.8, 4) is 11.5 Å². The van der Waals surface area contributed by atoms with Gasteiger partial charge in [0.05, 0.1) is 4.92 Å². The molecule has 0 radical (unpaired) electrons. The lowest BCUT2D eigenvalue weighted by Crippen LogP contribution is -2.25. The van der Waals surface area contributed by atoms with Crippen molar-refractivity contribution in [1.82, 2.24) is 15.5 Å². The van der Waals surface area contributed by atoms with Gasteiger partial charge < -0.3 is 9.73 Å². The smallest absolute Gasteiger partial charge is 0.282 e. The molecule has 0 fully saturated rings. The van der Waals surface area contributed by atoms with Crippen LogP contribution in [0.3, 0.4) is 0 Å². The van der Waals surface area contributed by atoms with Gasteiger partial charge in [0.2, 0.25) is 5.89 Å². The highest BCUT2D eigenvalue weighted by Gasteiger charge is 2.21. The molecule has 2 aromatic rings. The number of benzene rings is 1. The second-order valence-electron chi connectivity index (χ2n) is 4.78. The van der Waals surface area contributed by atoms with Crippen LogP contribution in [0.4, 0.5) is 10.1 Å². The summed E-state index contributed by atoms with van der Waals surface area (Å²) in [6, 6.07) is 3.44. The van der Waals surface area contributed by atoms with Gasteiger partial charge in [-0.1, -0.05) is 13.8 Å². The van der Waals surface area contributed by atoms with Gasteiger partial charge in [-0.05, 0) is 12.1 Å². The van der Waals surface area contributed by atoms with Gasteiger partial charge in [0.1, 0.15) is 11.4 Å². The van der Waals surface area contributed by atoms with Crippen molar-refractivity contribution >= 4 is 5.69 Å². The van der Waals surface area contributed by atoms with Gasteiger partial charge in [-0.25, -0.2) is 4.39 Å². The van der Waals surface area contributed by atoms with Crippen LogP contribution in [0.2, 0.25) is 0 Å². The first-order valence-electron chi connectivity index (χ1n) is 6.47. The topological polar surface area (TPSA) is 94.1 Å². The maximum absolute atomic E-state index is 13.3. The Kier molecular flexibility index (Phi) is 4.59. The number of nitrogens with zero attached hydrogens (tertiary/aromatic N) is 3. The first-order valence-corrected chi connectivity index (χ1v) is 6.47. The lowest BCUT2D eigenvalue weighted by molar-refractivity contribution is -0.384. The molecule has 2 rings (SSSR count). The van der Waals surface area contributed by atoms with Crippen LogP contribution in [-0.4, -0.2) is 27.7 Å². The molecular weight excluding hydrogens is 279 g/mol. The summed E-state index contributed by atoms with van der Waals surface area (Å²) in [4.78, 5) is 10.3. The second-order valence-corrected chi connectivity index (χ2v) is 4.78. The molecule has 112 valence electrons. The van der Waals surface area contributed by atoms with Crippen LogP contribution in [0.1, 0.15) is 19.7 Å². The summed E-state index contributed by atoms with van der Waals surface area (Å²) >= 11 is 0. The molecule has 1 N–H and O–H groups in total. The van der Waals surface area contributed by atoms with Crippen molar-refractivity contribution in [3.05, 3.63) is 40.0 Å². The summed E-state index contributed by atoms with van der Waals surface area (Å²) in [6.07, 6.45) is 0.494. The van der Waals surface area contributed by atoms with Gasteiger partial charge in [-0.3, -0.25) is 10.1 Å². The van der Waals surface area contributed by atoms with Gasteiger partial charge in [-0.15, -0.1) is 10.2 Å². The molecule has 0 atom stereocenters. The fourth-order valence-corrected chi connectivity index (χ4v) is 1.77. The van der Waals surface area contributed by atoms with E-state index in [0.717, 1.165) is 18.2 Å². The molecule has 21 heavy (non-hydrogen) atoms. The standard InChI is InChI=1S/C13H15FN4O3/c1-8(2)15-6-5-12-16-17-13(21-12)10-7-9(14)3-4-11(10)18(19)20/h3-4,7-8,15H,5-6H2,1-2H3. The van der Waals surface area contributed by atoms with Gasteiger partial charge in [-0.2, -0.15) is 0 Å². The summed E-state index contributed by atoms with van der Waals surface area (Å²) in [5.41, 5.74) is -0.289. The van der Waals surface area contributed by atoms with E-state index >= 15 is 0 Å². The molecule has 1 aromatic carbocycles. The summed E-state index contributed by atoms with van der Waals surface area (Å²) in [7, 11) is 0. The van der Waals surface area contributed by atoms with E-state index in [-0.39, 0.29) is 17.1 Å². The molecule has 0 bridgehead atoms. The quantitative estimate of drug-likeness (QED) is 0.649. The van der Waals surface area contributed by atoms with E-state index in [0.29, 0.717) is 24.9 Å². The largest absolute Gasteiger partial charge is 0.420 e. The Balaban J connectivity index is 2.21. The number of hydrogen-bond donors (Lipinski definition) is 1. The first kappa shape index (κ1) is 15.0. The Morgan fingerprint density at radius 1 is 1.43 bits per heavy atom. The fraction of sp³-hybridized carbons (Fsp3) is 0.385. The average molecular weight is 294 g/mol. The SMILES string of the molecule is CC(C)NCCc1nnc(-c2cc(F)ccc2[N+](=O)[O-])o1. The van der Waals surface area contributed by atoms with Gasteiger partial charge >= 0.3 is 0 Å². The lowest BCUT2D eigenvalue weighted by Gasteiger charge is -2.04. The molecule has 0 aliphatic heterocycles. The summed E-state index contributed by atoms with van der Waals surface area (Å²) < 4.78 is 18.6. The molecule has 0 saturated carbocycles. The zero-order valence-electron chi connectivity index (χ0n) is 11.7. The summed E-state index contributed by atoms with van der Waals surface area (Å²) in [5, 5.41) is 21.7. The van der Waals surface area contributed by atoms with E-state index in [1.165, 1.54) is 0 Å². The second kappa shape index (κ2) is 6.40. The summed E-state index contributed by atoms with van der Waals surface area (Å²) in [6.45, 7) is 4.66. The third-order valence-electron chi connectivity index (χ3n) is 2.74. The molecule has 1 heterocycles. The zero-order valence-corrected chi connectivity index (χ0v) is 11.7. The van der Waals surface area contributed by atoms with Crippen molar-refractivity contribution in [2.75, 3.05) is 6.54 Å². The number of nitro groups is 1. The first-order chi connectivity index (χ1) is 9.97. The van der Waals surface area contributed by atoms with E-state index in [2.05, 4.69) is 15.5 Å². The number of aromatic nitrogens is 2. The molecule has 0 unspecified atom stereocenters. The van der Waals surface area contributed by atoms with Crippen LogP contribution in [-0.2, 0) is 6.42 Å². The number of halogens is 1. The minimum atomic E-state index is -0.612. The van der Waals surface area contributed by atoms with Crippen LogP contribution in [0.15, 0.2) is 22.6 Å². The molecule has 0 aliphatic rings. The minimum Gasteiger partial charge on any atom is -0.420 e. The normalized spacial score (nSPS) is 11.0. The minimum absolute atomic E-state index is 0.0180. The van der Waals surface area contributed by atoms with Gasteiger partial charge in [0.15, 0.2) is 0 Å². The molecular formula is C13H15FN4O3. The predicted octanol–water partition coefficient (Wildman–Crippen LogP) is 2.32. The highest BCUT2D eigenvalue weighted by molar-refractivity contribution is 5.66. The molecule has 0 aliphatic carbocycles. The zero-order chi connectivity index (χ0) is 15.4. The number of nitro benzene ring substituents is 1. The predicted molar refractivity (Wildman–Crippen MR) is 73.2 cm³/mol. The van der Waals surface area contributed by atoms with E-state index in [1.54, 1.807) is 0 Å². The van der Waals surface area contributed by atoms with E-state index in [1.807, 2.05) is 13.8 Å². The number of nitrogens with one attached hydrogen (secondary N) is 1. The Morgan fingerprint density at radius 2 is 2.19 bits per heavy atom. The fourth-order valence-electron chi connectivity index (χ4n) is 1.77. The Labute approximate surface area is 120 Å². The van der Waals surface area contributed by atoms with E-state index in [4.69, 9.17) is 4.42 Å². The van der Waals surface area contributed by atoms with E-state index < -0.39 is 10.7 Å². The highest BCUT2D eigenvalue weighted by atomic mass is 19.1. The van der Waals surface area contributed by atoms with Crippen LogP contribution in [0.5, 0.6) is 0 Å². The van der Waals surface area contributed by atoms with Crippen molar-refractivity contribution in [2.45, 2.75) is 26.3 Å². The van der Waals surface area contributed by atoms with Crippen molar-refractivity contribution in [1.29, 1.82) is 0 Å². The van der Waals surface area contributed by atoms with Crippen molar-refractivity contribution in [3.63, 3.8) is 0 Å². The van der Waals surface area contributed by atoms with Crippen LogP contribution < -0.4 is 5.32 Å². The maximum Gasteiger partial charge on any atom is 0.282 e. The van der Waals surface area contributed by atoms with Crippen LogP contribution >= 0.6 is 0 Å². The lowest BCUT2D eigenvalue weighted by atomic mass is 10.2. The number of hydrogen-bond acceptors (Lipinski definition) is 6. The number of rotatable bonds is 6. The van der Waals surface area contributed by atoms with Gasteiger partial charge in [0.25, 0.3) is 11.6 Å². The third kappa shape index (κ3) is 3.82.